The van der Waals surface area contributed by atoms with Crippen LogP contribution in [0.4, 0.5) is 0 Å². The third-order valence-corrected chi connectivity index (χ3v) is 2.09. The molecule has 1 saturated heterocycles. The monoisotopic (exact) mass is 152 g/mol. The summed E-state index contributed by atoms with van der Waals surface area (Å²) >= 11 is 0. The molecule has 0 bridgehead atoms. The van der Waals surface area contributed by atoms with Crippen molar-refractivity contribution in [3.8, 4) is 6.07 Å². The smallest absolute Gasteiger partial charge is 0.0638 e. The molecular formula is C8H14N3. The Kier molecular flexibility index (Phi) is 3.34. The quantitative estimate of drug-likeness (QED) is 0.605. The van der Waals surface area contributed by atoms with Gasteiger partial charge in [0.05, 0.1) is 12.5 Å². The van der Waals surface area contributed by atoms with Crippen molar-refractivity contribution >= 4 is 0 Å². The average molecular weight is 152 g/mol. The fourth-order valence-corrected chi connectivity index (χ4v) is 1.40. The highest BCUT2D eigenvalue weighted by Crippen LogP contribution is 2.05. The number of nitriles is 1. The van der Waals surface area contributed by atoms with E-state index in [1.165, 1.54) is 0 Å². The van der Waals surface area contributed by atoms with E-state index in [9.17, 15) is 0 Å². The van der Waals surface area contributed by atoms with Crippen LogP contribution in [-0.4, -0.2) is 37.1 Å². The molecule has 0 spiro atoms. The largest absolute Gasteiger partial charge is 0.314 e. The number of nitrogens with one attached hydrogen (secondary N) is 1. The molecule has 1 aliphatic heterocycles. The molecule has 1 fully saturated rings. The van der Waals surface area contributed by atoms with E-state index in [-0.39, 0.29) is 0 Å². The number of nitrogens with zero attached hydrogens (tertiary/aromatic N) is 2. The molecule has 0 aromatic heterocycles. The van der Waals surface area contributed by atoms with E-state index in [2.05, 4.69) is 23.2 Å². The second-order valence-corrected chi connectivity index (χ2v) is 2.76. The van der Waals surface area contributed by atoms with Gasteiger partial charge in [0.15, 0.2) is 0 Å². The number of piperazine rings is 1. The van der Waals surface area contributed by atoms with Gasteiger partial charge in [-0.25, -0.2) is 0 Å². The highest BCUT2D eigenvalue weighted by Gasteiger charge is 2.19. The first-order chi connectivity index (χ1) is 5.38. The number of hydrogen-bond donors (Lipinski definition) is 1. The molecule has 0 aliphatic carbocycles. The molecule has 1 N–H and O–H groups in total. The molecule has 0 aromatic rings. The summed E-state index contributed by atoms with van der Waals surface area (Å²) in [6.45, 7) is 7.63. The fraction of sp³-hybridized carbons (Fsp3) is 0.750. The van der Waals surface area contributed by atoms with Crippen LogP contribution in [0.25, 0.3) is 0 Å². The zero-order valence-electron chi connectivity index (χ0n) is 6.71. The van der Waals surface area contributed by atoms with Crippen LogP contribution in [0.5, 0.6) is 0 Å². The summed E-state index contributed by atoms with van der Waals surface area (Å²) in [5.74, 6) is 0. The Morgan fingerprint density at radius 3 is 3.18 bits per heavy atom. The van der Waals surface area contributed by atoms with Gasteiger partial charge in [0.1, 0.15) is 0 Å². The second kappa shape index (κ2) is 4.32. The highest BCUT2D eigenvalue weighted by molar-refractivity contribution is 4.87. The summed E-state index contributed by atoms with van der Waals surface area (Å²) in [6.07, 6.45) is 0.614. The van der Waals surface area contributed by atoms with Gasteiger partial charge >= 0.3 is 0 Å². The summed E-state index contributed by atoms with van der Waals surface area (Å²) in [7, 11) is 0. The molecule has 0 amide bonds. The van der Waals surface area contributed by atoms with Gasteiger partial charge in [-0.2, -0.15) is 5.26 Å². The molecule has 0 aromatic carbocycles. The fourth-order valence-electron chi connectivity index (χ4n) is 1.40. The lowest BCUT2D eigenvalue weighted by molar-refractivity contribution is 0.180. The predicted octanol–water partition coefficient (Wildman–Crippen LogP) is 0.00797. The van der Waals surface area contributed by atoms with Crippen LogP contribution in [0.3, 0.4) is 0 Å². The van der Waals surface area contributed by atoms with Crippen molar-refractivity contribution in [2.75, 3.05) is 26.2 Å². The lowest BCUT2D eigenvalue weighted by atomic mass is 10.1. The predicted molar refractivity (Wildman–Crippen MR) is 43.8 cm³/mol. The molecule has 1 unspecified atom stereocenters. The van der Waals surface area contributed by atoms with Gasteiger partial charge < -0.3 is 5.32 Å². The zero-order valence-corrected chi connectivity index (χ0v) is 6.71. The van der Waals surface area contributed by atoms with Gasteiger partial charge in [0.25, 0.3) is 0 Å². The maximum atomic E-state index is 8.51. The number of rotatable bonds is 2. The Hall–Kier alpha value is -0.590. The standard InChI is InChI=1S/C8H14N3/c1-2-11-6-5-10-7-8(11)3-4-9/h8,10H,1-3,5-7H2. The SMILES string of the molecule is [CH2]CN1CCNCC1CC#N. The molecular weight excluding hydrogens is 138 g/mol. The minimum atomic E-state index is 0.381. The second-order valence-electron chi connectivity index (χ2n) is 2.76. The van der Waals surface area contributed by atoms with Gasteiger partial charge in [-0.05, 0) is 13.5 Å². The van der Waals surface area contributed by atoms with Crippen LogP contribution in [0.2, 0.25) is 0 Å². The molecule has 1 atom stereocenters. The van der Waals surface area contributed by atoms with Crippen molar-refractivity contribution in [3.05, 3.63) is 6.92 Å². The van der Waals surface area contributed by atoms with Crippen molar-refractivity contribution in [1.82, 2.24) is 10.2 Å². The van der Waals surface area contributed by atoms with Gasteiger partial charge in [-0.1, -0.05) is 0 Å². The van der Waals surface area contributed by atoms with E-state index in [0.717, 1.165) is 26.2 Å². The number of hydrogen-bond acceptors (Lipinski definition) is 3. The van der Waals surface area contributed by atoms with Crippen LogP contribution in [0.1, 0.15) is 6.42 Å². The van der Waals surface area contributed by atoms with Crippen LogP contribution < -0.4 is 5.32 Å². The maximum Gasteiger partial charge on any atom is 0.0638 e. The Morgan fingerprint density at radius 2 is 2.55 bits per heavy atom. The first-order valence-electron chi connectivity index (χ1n) is 3.99. The van der Waals surface area contributed by atoms with Crippen LogP contribution >= 0.6 is 0 Å². The van der Waals surface area contributed by atoms with Gasteiger partial charge in [-0.15, -0.1) is 0 Å². The molecule has 1 heterocycles. The summed E-state index contributed by atoms with van der Waals surface area (Å²) in [5.41, 5.74) is 0. The van der Waals surface area contributed by atoms with Crippen molar-refractivity contribution in [3.63, 3.8) is 0 Å². The van der Waals surface area contributed by atoms with E-state index < -0.39 is 0 Å². The third-order valence-electron chi connectivity index (χ3n) is 2.09. The van der Waals surface area contributed by atoms with Gasteiger partial charge in [0.2, 0.25) is 0 Å². The normalized spacial score (nSPS) is 26.4. The third kappa shape index (κ3) is 2.18. The Morgan fingerprint density at radius 1 is 1.73 bits per heavy atom. The minimum absolute atomic E-state index is 0.381. The summed E-state index contributed by atoms with van der Waals surface area (Å²) < 4.78 is 0. The minimum Gasteiger partial charge on any atom is -0.314 e. The van der Waals surface area contributed by atoms with E-state index in [0.29, 0.717) is 12.5 Å². The molecule has 11 heavy (non-hydrogen) atoms. The van der Waals surface area contributed by atoms with E-state index >= 15 is 0 Å². The molecule has 1 rings (SSSR count). The first-order valence-corrected chi connectivity index (χ1v) is 3.99. The van der Waals surface area contributed by atoms with Crippen molar-refractivity contribution in [2.24, 2.45) is 0 Å². The average Bonchev–Trinajstić information content (AvgIpc) is 2.06. The zero-order chi connectivity index (χ0) is 8.10. The molecule has 3 heteroatoms. The summed E-state index contributed by atoms with van der Waals surface area (Å²) in [4.78, 5) is 2.25. The van der Waals surface area contributed by atoms with Gasteiger partial charge in [0, 0.05) is 25.7 Å². The molecule has 1 aliphatic rings. The van der Waals surface area contributed by atoms with Crippen molar-refractivity contribution in [1.29, 1.82) is 5.26 Å². The topological polar surface area (TPSA) is 39.1 Å². The van der Waals surface area contributed by atoms with Crippen LogP contribution in [0.15, 0.2) is 0 Å². The Bertz CT molecular complexity index is 150. The molecule has 0 saturated carbocycles. The Balaban J connectivity index is 2.39. The molecule has 1 radical (unpaired) electrons. The lowest BCUT2D eigenvalue weighted by Gasteiger charge is -2.33. The van der Waals surface area contributed by atoms with Crippen molar-refractivity contribution < 1.29 is 0 Å². The highest BCUT2D eigenvalue weighted by atomic mass is 15.2. The summed E-state index contributed by atoms with van der Waals surface area (Å²) in [5, 5.41) is 11.8. The Labute approximate surface area is 68.0 Å². The molecule has 3 nitrogen and oxygen atoms in total. The van der Waals surface area contributed by atoms with Crippen LogP contribution in [0, 0.1) is 18.3 Å². The molecule has 61 valence electrons. The maximum absolute atomic E-state index is 8.51. The van der Waals surface area contributed by atoms with E-state index in [4.69, 9.17) is 5.26 Å². The van der Waals surface area contributed by atoms with Crippen LogP contribution in [-0.2, 0) is 0 Å². The van der Waals surface area contributed by atoms with Crippen molar-refractivity contribution in [2.45, 2.75) is 12.5 Å². The summed E-state index contributed by atoms with van der Waals surface area (Å²) in [6, 6.07) is 2.57. The lowest BCUT2D eigenvalue weighted by Crippen LogP contribution is -2.50. The van der Waals surface area contributed by atoms with E-state index in [1.54, 1.807) is 0 Å². The first kappa shape index (κ1) is 8.51. The van der Waals surface area contributed by atoms with E-state index in [1.807, 2.05) is 0 Å². The van der Waals surface area contributed by atoms with Gasteiger partial charge in [-0.3, -0.25) is 4.90 Å².